The number of hydrogen-bond acceptors (Lipinski definition) is 5. The smallest absolute Gasteiger partial charge is 0.151 e. The van der Waals surface area contributed by atoms with Crippen molar-refractivity contribution < 1.29 is 8.42 Å². The second-order valence-corrected chi connectivity index (χ2v) is 9.67. The molecule has 6 nitrogen and oxygen atoms in total. The van der Waals surface area contributed by atoms with E-state index < -0.39 is 9.84 Å². The molecule has 2 fully saturated rings. The Labute approximate surface area is 155 Å². The van der Waals surface area contributed by atoms with Crippen molar-refractivity contribution in [3.8, 4) is 0 Å². The first-order valence-electron chi connectivity index (χ1n) is 9.47. The van der Waals surface area contributed by atoms with Gasteiger partial charge in [-0.15, -0.1) is 0 Å². The SMILES string of the molecule is O=S1(=O)CCC(N2CCC(c3ncnn3CCc3ccccc3)CC2)C1. The van der Waals surface area contributed by atoms with Crippen molar-refractivity contribution in [3.63, 3.8) is 0 Å². The van der Waals surface area contributed by atoms with Gasteiger partial charge in [0.2, 0.25) is 0 Å². The molecule has 1 atom stereocenters. The maximum Gasteiger partial charge on any atom is 0.151 e. The molecule has 26 heavy (non-hydrogen) atoms. The Morgan fingerprint density at radius 1 is 1.08 bits per heavy atom. The molecule has 0 saturated carbocycles. The highest BCUT2D eigenvalue weighted by Gasteiger charge is 2.35. The predicted octanol–water partition coefficient (Wildman–Crippen LogP) is 1.89. The van der Waals surface area contributed by atoms with Crippen LogP contribution in [0.4, 0.5) is 0 Å². The minimum Gasteiger partial charge on any atom is -0.299 e. The van der Waals surface area contributed by atoms with Gasteiger partial charge in [0.15, 0.2) is 9.84 Å². The summed E-state index contributed by atoms with van der Waals surface area (Å²) in [5, 5.41) is 4.43. The Kier molecular flexibility index (Phi) is 5.09. The average Bonchev–Trinajstić information content (AvgIpc) is 3.27. The highest BCUT2D eigenvalue weighted by molar-refractivity contribution is 7.91. The van der Waals surface area contributed by atoms with E-state index in [1.54, 1.807) is 6.33 Å². The monoisotopic (exact) mass is 374 g/mol. The zero-order valence-electron chi connectivity index (χ0n) is 15.0. The van der Waals surface area contributed by atoms with Crippen LogP contribution < -0.4 is 0 Å². The molecule has 0 aliphatic carbocycles. The lowest BCUT2D eigenvalue weighted by atomic mass is 9.94. The topological polar surface area (TPSA) is 68.1 Å². The van der Waals surface area contributed by atoms with E-state index in [1.807, 2.05) is 10.7 Å². The second-order valence-electron chi connectivity index (χ2n) is 7.44. The standard InChI is InChI=1S/C19H26N4O2S/c24-26(25)13-9-18(14-26)22-10-7-17(8-11-22)19-20-15-21-23(19)12-6-16-4-2-1-3-5-16/h1-5,15,17-18H,6-14H2. The predicted molar refractivity (Wildman–Crippen MR) is 101 cm³/mol. The Morgan fingerprint density at radius 3 is 2.54 bits per heavy atom. The molecule has 7 heteroatoms. The number of hydrogen-bond donors (Lipinski definition) is 0. The van der Waals surface area contributed by atoms with Crippen LogP contribution in [0.1, 0.15) is 36.6 Å². The van der Waals surface area contributed by atoms with Gasteiger partial charge in [-0.05, 0) is 44.3 Å². The maximum atomic E-state index is 11.7. The largest absolute Gasteiger partial charge is 0.299 e. The zero-order chi connectivity index (χ0) is 18.0. The van der Waals surface area contributed by atoms with Crippen LogP contribution in [0.2, 0.25) is 0 Å². The summed E-state index contributed by atoms with van der Waals surface area (Å²) in [6, 6.07) is 10.7. The van der Waals surface area contributed by atoms with Gasteiger partial charge in [-0.25, -0.2) is 18.1 Å². The van der Waals surface area contributed by atoms with Crippen molar-refractivity contribution in [1.29, 1.82) is 0 Å². The van der Waals surface area contributed by atoms with Crippen LogP contribution in [-0.4, -0.2) is 58.7 Å². The van der Waals surface area contributed by atoms with E-state index in [0.29, 0.717) is 17.4 Å². The van der Waals surface area contributed by atoms with Gasteiger partial charge in [0.05, 0.1) is 11.5 Å². The summed E-state index contributed by atoms with van der Waals surface area (Å²) in [4.78, 5) is 6.90. The van der Waals surface area contributed by atoms with Gasteiger partial charge in [0.1, 0.15) is 12.2 Å². The van der Waals surface area contributed by atoms with Gasteiger partial charge in [-0.2, -0.15) is 5.10 Å². The first-order valence-corrected chi connectivity index (χ1v) is 11.3. The number of piperidine rings is 1. The summed E-state index contributed by atoms with van der Waals surface area (Å²) in [6.45, 7) is 2.76. The molecule has 4 rings (SSSR count). The quantitative estimate of drug-likeness (QED) is 0.799. The number of rotatable bonds is 5. The molecule has 0 spiro atoms. The fraction of sp³-hybridized carbons (Fsp3) is 0.579. The third-order valence-electron chi connectivity index (χ3n) is 5.72. The number of aryl methyl sites for hydroxylation is 2. The van der Waals surface area contributed by atoms with Crippen LogP contribution in [0.25, 0.3) is 0 Å². The summed E-state index contributed by atoms with van der Waals surface area (Å²) in [6.07, 6.45) is 5.47. The molecule has 3 heterocycles. The molecular formula is C19H26N4O2S. The third-order valence-corrected chi connectivity index (χ3v) is 7.47. The van der Waals surface area contributed by atoms with Crippen LogP contribution in [0, 0.1) is 0 Å². The van der Waals surface area contributed by atoms with E-state index in [2.05, 4.69) is 39.2 Å². The van der Waals surface area contributed by atoms with Gasteiger partial charge in [-0.3, -0.25) is 4.90 Å². The summed E-state index contributed by atoms with van der Waals surface area (Å²) >= 11 is 0. The molecule has 2 aromatic rings. The molecule has 0 radical (unpaired) electrons. The first-order chi connectivity index (χ1) is 12.6. The Morgan fingerprint density at radius 2 is 1.85 bits per heavy atom. The minimum absolute atomic E-state index is 0.219. The lowest BCUT2D eigenvalue weighted by molar-refractivity contribution is 0.161. The summed E-state index contributed by atoms with van der Waals surface area (Å²) in [5.41, 5.74) is 1.31. The molecule has 2 saturated heterocycles. The summed E-state index contributed by atoms with van der Waals surface area (Å²) < 4.78 is 25.5. The van der Waals surface area contributed by atoms with Crippen molar-refractivity contribution in [2.45, 2.75) is 44.2 Å². The zero-order valence-corrected chi connectivity index (χ0v) is 15.8. The van der Waals surface area contributed by atoms with Gasteiger partial charge in [-0.1, -0.05) is 30.3 Å². The maximum absolute atomic E-state index is 11.7. The number of sulfone groups is 1. The summed E-state index contributed by atoms with van der Waals surface area (Å²) in [5.74, 6) is 2.19. The lowest BCUT2D eigenvalue weighted by Gasteiger charge is -2.35. The van der Waals surface area contributed by atoms with Gasteiger partial charge in [0.25, 0.3) is 0 Å². The van der Waals surface area contributed by atoms with Crippen LogP contribution in [-0.2, 0) is 22.8 Å². The molecular weight excluding hydrogens is 348 g/mol. The molecule has 1 aromatic carbocycles. The molecule has 0 amide bonds. The fourth-order valence-corrected chi connectivity index (χ4v) is 5.99. The number of nitrogens with zero attached hydrogens (tertiary/aromatic N) is 4. The van der Waals surface area contributed by atoms with E-state index in [1.165, 1.54) is 5.56 Å². The van der Waals surface area contributed by atoms with Crippen LogP contribution >= 0.6 is 0 Å². The molecule has 140 valence electrons. The van der Waals surface area contributed by atoms with Crippen LogP contribution in [0.3, 0.4) is 0 Å². The van der Waals surface area contributed by atoms with Crippen molar-refractivity contribution >= 4 is 9.84 Å². The molecule has 0 N–H and O–H groups in total. The van der Waals surface area contributed by atoms with Crippen molar-refractivity contribution in [2.24, 2.45) is 0 Å². The molecule has 0 bridgehead atoms. The number of aromatic nitrogens is 3. The van der Waals surface area contributed by atoms with E-state index in [4.69, 9.17) is 0 Å². The van der Waals surface area contributed by atoms with Crippen LogP contribution in [0.5, 0.6) is 0 Å². The number of benzene rings is 1. The fourth-order valence-electron chi connectivity index (χ4n) is 4.23. The Hall–Kier alpha value is -1.73. The molecule has 2 aliphatic rings. The lowest BCUT2D eigenvalue weighted by Crippen LogP contribution is -2.42. The highest BCUT2D eigenvalue weighted by Crippen LogP contribution is 2.29. The average molecular weight is 375 g/mol. The van der Waals surface area contributed by atoms with Crippen molar-refractivity contribution in [2.75, 3.05) is 24.6 Å². The number of likely N-dealkylation sites (tertiary alicyclic amines) is 1. The Bertz CT molecular complexity index is 826. The summed E-state index contributed by atoms with van der Waals surface area (Å²) in [7, 11) is -2.81. The highest BCUT2D eigenvalue weighted by atomic mass is 32.2. The molecule has 1 aromatic heterocycles. The minimum atomic E-state index is -2.81. The van der Waals surface area contributed by atoms with E-state index in [-0.39, 0.29) is 6.04 Å². The van der Waals surface area contributed by atoms with Crippen molar-refractivity contribution in [1.82, 2.24) is 19.7 Å². The Balaban J connectivity index is 1.34. The normalized spacial score (nSPS) is 24.1. The van der Waals surface area contributed by atoms with Crippen molar-refractivity contribution in [3.05, 3.63) is 48.0 Å². The van der Waals surface area contributed by atoms with Gasteiger partial charge >= 0.3 is 0 Å². The van der Waals surface area contributed by atoms with Gasteiger partial charge < -0.3 is 0 Å². The van der Waals surface area contributed by atoms with E-state index in [9.17, 15) is 8.42 Å². The van der Waals surface area contributed by atoms with E-state index in [0.717, 1.165) is 51.1 Å². The van der Waals surface area contributed by atoms with E-state index >= 15 is 0 Å². The first kappa shape index (κ1) is 17.7. The molecule has 1 unspecified atom stereocenters. The van der Waals surface area contributed by atoms with Gasteiger partial charge in [0, 0.05) is 18.5 Å². The second kappa shape index (κ2) is 7.48. The van der Waals surface area contributed by atoms with Crippen LogP contribution in [0.15, 0.2) is 36.7 Å². The molecule has 2 aliphatic heterocycles. The third kappa shape index (κ3) is 3.99.